The number of hydrogen-bond donors (Lipinski definition) is 2. The lowest BCUT2D eigenvalue weighted by Crippen LogP contribution is -2.16. The maximum Gasteiger partial charge on any atom is 0.262 e. The number of sulfonamides is 1. The molecule has 0 bridgehead atoms. The van der Waals surface area contributed by atoms with E-state index in [1.54, 1.807) is 43.3 Å². The SMILES string of the molecule is CCCC(=O)Nc1ccc(C)c(S(=O)(=O)Nc2ccc(OCC)cc2)c1. The van der Waals surface area contributed by atoms with Crippen molar-refractivity contribution in [1.82, 2.24) is 0 Å². The van der Waals surface area contributed by atoms with Gasteiger partial charge < -0.3 is 10.1 Å². The van der Waals surface area contributed by atoms with Gasteiger partial charge in [-0.1, -0.05) is 13.0 Å². The van der Waals surface area contributed by atoms with Gasteiger partial charge in [-0.2, -0.15) is 0 Å². The number of carbonyl (C=O) groups excluding carboxylic acids is 1. The summed E-state index contributed by atoms with van der Waals surface area (Å²) in [7, 11) is -3.78. The van der Waals surface area contributed by atoms with E-state index in [-0.39, 0.29) is 10.8 Å². The molecule has 2 aromatic carbocycles. The summed E-state index contributed by atoms with van der Waals surface area (Å²) < 4.78 is 33.4. The van der Waals surface area contributed by atoms with E-state index < -0.39 is 10.0 Å². The van der Waals surface area contributed by atoms with Crippen molar-refractivity contribution < 1.29 is 17.9 Å². The van der Waals surface area contributed by atoms with Crippen LogP contribution < -0.4 is 14.8 Å². The number of benzene rings is 2. The second-order valence-electron chi connectivity index (χ2n) is 5.84. The first kappa shape index (κ1) is 19.8. The van der Waals surface area contributed by atoms with Crippen molar-refractivity contribution in [2.45, 2.75) is 38.5 Å². The Morgan fingerprint density at radius 2 is 1.69 bits per heavy atom. The van der Waals surface area contributed by atoms with Crippen molar-refractivity contribution in [1.29, 1.82) is 0 Å². The molecule has 0 heterocycles. The molecule has 0 unspecified atom stereocenters. The van der Waals surface area contributed by atoms with Gasteiger partial charge in [0, 0.05) is 17.8 Å². The van der Waals surface area contributed by atoms with Crippen LogP contribution in [0.15, 0.2) is 47.4 Å². The molecule has 2 aromatic rings. The Hall–Kier alpha value is -2.54. The minimum Gasteiger partial charge on any atom is -0.494 e. The first-order valence-corrected chi connectivity index (χ1v) is 10.00. The number of rotatable bonds is 8. The summed E-state index contributed by atoms with van der Waals surface area (Å²) in [6.45, 7) is 6.04. The predicted molar refractivity (Wildman–Crippen MR) is 103 cm³/mol. The molecule has 1 amide bonds. The van der Waals surface area contributed by atoms with E-state index in [0.717, 1.165) is 6.42 Å². The molecule has 2 N–H and O–H groups in total. The van der Waals surface area contributed by atoms with Crippen LogP contribution in [0.25, 0.3) is 0 Å². The largest absolute Gasteiger partial charge is 0.494 e. The average Bonchev–Trinajstić information content (AvgIpc) is 2.58. The number of nitrogens with one attached hydrogen (secondary N) is 2. The highest BCUT2D eigenvalue weighted by Crippen LogP contribution is 2.24. The van der Waals surface area contributed by atoms with Crippen LogP contribution in [0.4, 0.5) is 11.4 Å². The van der Waals surface area contributed by atoms with Crippen LogP contribution in [0.3, 0.4) is 0 Å². The second-order valence-corrected chi connectivity index (χ2v) is 7.49. The first-order chi connectivity index (χ1) is 12.4. The standard InChI is InChI=1S/C19H24N2O4S/c1-4-6-19(22)20-16-8-7-14(3)18(13-16)26(23,24)21-15-9-11-17(12-10-15)25-5-2/h7-13,21H,4-6H2,1-3H3,(H,20,22). The van der Waals surface area contributed by atoms with Crippen molar-refractivity contribution >= 4 is 27.3 Å². The third-order valence-corrected chi connectivity index (χ3v) is 5.18. The third-order valence-electron chi connectivity index (χ3n) is 3.66. The fourth-order valence-electron chi connectivity index (χ4n) is 2.41. The Bertz CT molecular complexity index is 862. The van der Waals surface area contributed by atoms with Crippen molar-refractivity contribution in [3.63, 3.8) is 0 Å². The second kappa shape index (κ2) is 8.71. The molecule has 7 heteroatoms. The summed E-state index contributed by atoms with van der Waals surface area (Å²) in [6, 6.07) is 11.5. The highest BCUT2D eigenvalue weighted by Gasteiger charge is 2.18. The van der Waals surface area contributed by atoms with Crippen LogP contribution in [0.2, 0.25) is 0 Å². The van der Waals surface area contributed by atoms with E-state index in [1.165, 1.54) is 6.07 Å². The average molecular weight is 376 g/mol. The Balaban J connectivity index is 2.23. The smallest absolute Gasteiger partial charge is 0.262 e. The van der Waals surface area contributed by atoms with E-state index >= 15 is 0 Å². The minimum absolute atomic E-state index is 0.126. The quantitative estimate of drug-likeness (QED) is 0.731. The fourth-order valence-corrected chi connectivity index (χ4v) is 3.74. The Kier molecular flexibility index (Phi) is 6.63. The van der Waals surface area contributed by atoms with E-state index in [9.17, 15) is 13.2 Å². The van der Waals surface area contributed by atoms with E-state index in [4.69, 9.17) is 4.74 Å². The van der Waals surface area contributed by atoms with Crippen LogP contribution in [-0.2, 0) is 14.8 Å². The van der Waals surface area contributed by atoms with Crippen LogP contribution >= 0.6 is 0 Å². The molecule has 0 saturated heterocycles. The van der Waals surface area contributed by atoms with Crippen molar-refractivity contribution in [2.24, 2.45) is 0 Å². The molecule has 140 valence electrons. The lowest BCUT2D eigenvalue weighted by molar-refractivity contribution is -0.116. The molecule has 0 atom stereocenters. The zero-order valence-corrected chi connectivity index (χ0v) is 16.0. The van der Waals surface area contributed by atoms with Gasteiger partial charge in [0.1, 0.15) is 5.75 Å². The molecule has 2 rings (SSSR count). The van der Waals surface area contributed by atoms with Crippen LogP contribution in [0, 0.1) is 6.92 Å². The molecule has 6 nitrogen and oxygen atoms in total. The summed E-state index contributed by atoms with van der Waals surface area (Å²) in [5.74, 6) is 0.534. The normalized spacial score (nSPS) is 11.0. The Labute approximate surface area is 154 Å². The van der Waals surface area contributed by atoms with Crippen molar-refractivity contribution in [3.05, 3.63) is 48.0 Å². The number of aryl methyl sites for hydroxylation is 1. The van der Waals surface area contributed by atoms with Crippen molar-refractivity contribution in [3.8, 4) is 5.75 Å². The first-order valence-electron chi connectivity index (χ1n) is 8.52. The number of hydrogen-bond acceptors (Lipinski definition) is 4. The highest BCUT2D eigenvalue weighted by atomic mass is 32.2. The molecule has 0 aliphatic heterocycles. The number of amides is 1. The molecule has 26 heavy (non-hydrogen) atoms. The maximum atomic E-state index is 12.7. The molecule has 0 radical (unpaired) electrons. The van der Waals surface area contributed by atoms with Crippen LogP contribution in [-0.4, -0.2) is 20.9 Å². The fraction of sp³-hybridized carbons (Fsp3) is 0.316. The molecular formula is C19H24N2O4S. The number of carbonyl (C=O) groups is 1. The summed E-state index contributed by atoms with van der Waals surface area (Å²) in [4.78, 5) is 11.9. The van der Waals surface area contributed by atoms with E-state index in [2.05, 4.69) is 10.0 Å². The summed E-state index contributed by atoms with van der Waals surface area (Å²) in [5, 5.41) is 2.72. The molecular weight excluding hydrogens is 352 g/mol. The van der Waals surface area contributed by atoms with Gasteiger partial charge >= 0.3 is 0 Å². The predicted octanol–water partition coefficient (Wildman–Crippen LogP) is 3.93. The zero-order chi connectivity index (χ0) is 19.2. The summed E-state index contributed by atoms with van der Waals surface area (Å²) in [6.07, 6.45) is 1.11. The topological polar surface area (TPSA) is 84.5 Å². The summed E-state index contributed by atoms with van der Waals surface area (Å²) >= 11 is 0. The molecule has 0 aromatic heterocycles. The van der Waals surface area contributed by atoms with Gasteiger partial charge in [-0.05, 0) is 62.2 Å². The number of ether oxygens (including phenoxy) is 1. The molecule has 0 fully saturated rings. The number of anilines is 2. The summed E-state index contributed by atoms with van der Waals surface area (Å²) in [5.41, 5.74) is 1.49. The molecule has 0 spiro atoms. The lowest BCUT2D eigenvalue weighted by atomic mass is 10.2. The van der Waals surface area contributed by atoms with E-state index in [0.29, 0.717) is 35.7 Å². The van der Waals surface area contributed by atoms with Crippen molar-refractivity contribution in [2.75, 3.05) is 16.6 Å². The van der Waals surface area contributed by atoms with Crippen LogP contribution in [0.5, 0.6) is 5.75 Å². The van der Waals surface area contributed by atoms with Gasteiger partial charge in [-0.25, -0.2) is 8.42 Å². The minimum atomic E-state index is -3.78. The lowest BCUT2D eigenvalue weighted by Gasteiger charge is -2.13. The molecule has 0 saturated carbocycles. The van der Waals surface area contributed by atoms with E-state index in [1.807, 2.05) is 13.8 Å². The van der Waals surface area contributed by atoms with Gasteiger partial charge in [-0.15, -0.1) is 0 Å². The zero-order valence-electron chi connectivity index (χ0n) is 15.2. The Morgan fingerprint density at radius 3 is 2.31 bits per heavy atom. The van der Waals surface area contributed by atoms with Gasteiger partial charge in [0.25, 0.3) is 10.0 Å². The third kappa shape index (κ3) is 5.23. The van der Waals surface area contributed by atoms with Crippen LogP contribution in [0.1, 0.15) is 32.3 Å². The Morgan fingerprint density at radius 1 is 1.04 bits per heavy atom. The monoisotopic (exact) mass is 376 g/mol. The van der Waals surface area contributed by atoms with Gasteiger partial charge in [0.2, 0.25) is 5.91 Å². The highest BCUT2D eigenvalue weighted by molar-refractivity contribution is 7.92. The van der Waals surface area contributed by atoms with Gasteiger partial charge in [-0.3, -0.25) is 9.52 Å². The molecule has 0 aliphatic rings. The van der Waals surface area contributed by atoms with Gasteiger partial charge in [0.15, 0.2) is 0 Å². The molecule has 0 aliphatic carbocycles. The maximum absolute atomic E-state index is 12.7. The van der Waals surface area contributed by atoms with Gasteiger partial charge in [0.05, 0.1) is 11.5 Å².